The van der Waals surface area contributed by atoms with Crippen LogP contribution in [0.2, 0.25) is 0 Å². The average Bonchev–Trinajstić information content (AvgIpc) is 3.25. The molecule has 0 saturated heterocycles. The molecule has 0 aliphatic carbocycles. The Balaban J connectivity index is 5.15. The highest BCUT2D eigenvalue weighted by Crippen LogP contribution is 2.45. The number of hydrogen-bond acceptors (Lipinski definition) is 15. The largest absolute Gasteiger partial charge is 0.472 e. The number of phosphoric acid groups is 2. The SMILES string of the molecule is CCCCCCCCCCCCCCC(=O)O[C@H](COC(=O)CCCCCCC)COP(=O)(O)OC[C@H](O)COP(=O)(O)OC[C@@H](COC(=O)CCCCCCCCCCCCCCCC(C)C)OC(=O)CCCCCCCCCCCCCCCCCC(C)C. The van der Waals surface area contributed by atoms with Crippen LogP contribution in [-0.4, -0.2) is 96.7 Å². The fraction of sp³-hybridized carbons (Fsp3) is 0.944. The van der Waals surface area contributed by atoms with Crippen LogP contribution in [0.25, 0.3) is 0 Å². The van der Waals surface area contributed by atoms with Gasteiger partial charge in [0.2, 0.25) is 0 Å². The van der Waals surface area contributed by atoms with E-state index in [0.717, 1.165) is 108 Å². The summed E-state index contributed by atoms with van der Waals surface area (Å²) in [6.45, 7) is 9.52. The first-order chi connectivity index (χ1) is 43.9. The third kappa shape index (κ3) is 66.5. The summed E-state index contributed by atoms with van der Waals surface area (Å²) in [6.07, 6.45) is 50.3. The molecule has 0 bridgehead atoms. The first-order valence-electron chi connectivity index (χ1n) is 37.5. The fourth-order valence-corrected chi connectivity index (χ4v) is 12.5. The minimum Gasteiger partial charge on any atom is -0.462 e. The van der Waals surface area contributed by atoms with Crippen molar-refractivity contribution >= 4 is 39.5 Å². The van der Waals surface area contributed by atoms with Crippen molar-refractivity contribution < 1.29 is 80.2 Å². The van der Waals surface area contributed by atoms with Gasteiger partial charge in [0.05, 0.1) is 26.4 Å². The topological polar surface area (TPSA) is 237 Å². The zero-order valence-electron chi connectivity index (χ0n) is 59.1. The maximum absolute atomic E-state index is 13.0. The number of carbonyl (C=O) groups excluding carboxylic acids is 4. The van der Waals surface area contributed by atoms with Crippen molar-refractivity contribution in [3.05, 3.63) is 0 Å². The van der Waals surface area contributed by atoms with Gasteiger partial charge in [0.1, 0.15) is 19.3 Å². The van der Waals surface area contributed by atoms with Gasteiger partial charge in [-0.2, -0.15) is 0 Å². The fourth-order valence-electron chi connectivity index (χ4n) is 10.9. The molecule has 0 fully saturated rings. The van der Waals surface area contributed by atoms with E-state index >= 15 is 0 Å². The van der Waals surface area contributed by atoms with Crippen molar-refractivity contribution in [3.8, 4) is 0 Å². The predicted octanol–water partition coefficient (Wildman–Crippen LogP) is 20.8. The van der Waals surface area contributed by atoms with Gasteiger partial charge in [-0.15, -0.1) is 0 Å². The molecule has 0 aromatic rings. The van der Waals surface area contributed by atoms with Gasteiger partial charge in [0, 0.05) is 25.7 Å². The van der Waals surface area contributed by atoms with Gasteiger partial charge in [-0.3, -0.25) is 37.3 Å². The lowest BCUT2D eigenvalue weighted by Gasteiger charge is -2.21. The van der Waals surface area contributed by atoms with E-state index in [1.54, 1.807) is 0 Å². The van der Waals surface area contributed by atoms with Gasteiger partial charge in [-0.25, -0.2) is 9.13 Å². The second kappa shape index (κ2) is 64.1. The summed E-state index contributed by atoms with van der Waals surface area (Å²) in [5.41, 5.74) is 0. The summed E-state index contributed by atoms with van der Waals surface area (Å²) in [5.74, 6) is -0.537. The van der Waals surface area contributed by atoms with Gasteiger partial charge in [0.15, 0.2) is 12.2 Å². The molecule has 19 heteroatoms. The first-order valence-corrected chi connectivity index (χ1v) is 40.5. The molecule has 0 spiro atoms. The molecule has 0 saturated carbocycles. The number of aliphatic hydroxyl groups is 1. The number of hydrogen-bond donors (Lipinski definition) is 3. The number of carbonyl (C=O) groups is 4. The molecular weight excluding hydrogens is 1200 g/mol. The number of aliphatic hydroxyl groups excluding tert-OH is 1. The smallest absolute Gasteiger partial charge is 0.462 e. The molecule has 0 radical (unpaired) electrons. The number of ether oxygens (including phenoxy) is 4. The van der Waals surface area contributed by atoms with Gasteiger partial charge >= 0.3 is 39.5 Å². The van der Waals surface area contributed by atoms with Crippen LogP contribution in [0, 0.1) is 11.8 Å². The Morgan fingerprint density at radius 2 is 0.505 bits per heavy atom. The van der Waals surface area contributed by atoms with E-state index in [-0.39, 0.29) is 25.7 Å². The highest BCUT2D eigenvalue weighted by molar-refractivity contribution is 7.47. The molecule has 0 aliphatic rings. The van der Waals surface area contributed by atoms with Crippen LogP contribution < -0.4 is 0 Å². The molecule has 0 aromatic carbocycles. The van der Waals surface area contributed by atoms with Gasteiger partial charge < -0.3 is 33.8 Å². The Morgan fingerprint density at radius 3 is 0.747 bits per heavy atom. The highest BCUT2D eigenvalue weighted by Gasteiger charge is 2.30. The van der Waals surface area contributed by atoms with E-state index in [0.29, 0.717) is 25.7 Å². The minimum atomic E-state index is -4.95. The van der Waals surface area contributed by atoms with Crippen LogP contribution in [0.3, 0.4) is 0 Å². The van der Waals surface area contributed by atoms with Gasteiger partial charge in [-0.05, 0) is 37.5 Å². The Kier molecular flexibility index (Phi) is 62.7. The van der Waals surface area contributed by atoms with Crippen molar-refractivity contribution in [2.45, 2.75) is 387 Å². The van der Waals surface area contributed by atoms with Crippen LogP contribution in [0.15, 0.2) is 0 Å². The van der Waals surface area contributed by atoms with E-state index < -0.39 is 97.5 Å². The first kappa shape index (κ1) is 89.1. The van der Waals surface area contributed by atoms with E-state index in [9.17, 15) is 43.2 Å². The van der Waals surface area contributed by atoms with Crippen molar-refractivity contribution in [3.63, 3.8) is 0 Å². The number of unbranched alkanes of at least 4 members (excludes halogenated alkanes) is 41. The Hall–Kier alpha value is -1.94. The molecule has 5 atom stereocenters. The minimum absolute atomic E-state index is 0.106. The quantitative estimate of drug-likeness (QED) is 0.0222. The second-order valence-corrected chi connectivity index (χ2v) is 29.8. The monoisotopic (exact) mass is 1340 g/mol. The summed E-state index contributed by atoms with van der Waals surface area (Å²) in [7, 11) is -9.89. The van der Waals surface area contributed by atoms with Crippen molar-refractivity contribution in [2.24, 2.45) is 11.8 Å². The number of esters is 4. The predicted molar refractivity (Wildman–Crippen MR) is 368 cm³/mol. The molecule has 0 amide bonds. The Bertz CT molecular complexity index is 1770. The molecule has 540 valence electrons. The van der Waals surface area contributed by atoms with Crippen LogP contribution in [-0.2, 0) is 65.4 Å². The zero-order valence-corrected chi connectivity index (χ0v) is 60.9. The molecule has 0 aliphatic heterocycles. The Morgan fingerprint density at radius 1 is 0.297 bits per heavy atom. The molecule has 91 heavy (non-hydrogen) atoms. The lowest BCUT2D eigenvalue weighted by atomic mass is 10.0. The molecule has 2 unspecified atom stereocenters. The molecule has 0 heterocycles. The molecular formula is C72H140O17P2. The number of phosphoric ester groups is 2. The van der Waals surface area contributed by atoms with E-state index in [1.165, 1.54) is 180 Å². The summed E-state index contributed by atoms with van der Waals surface area (Å²) in [4.78, 5) is 72.4. The molecule has 0 rings (SSSR count). The third-order valence-electron chi connectivity index (χ3n) is 16.7. The van der Waals surface area contributed by atoms with Crippen LogP contribution in [0.1, 0.15) is 369 Å². The second-order valence-electron chi connectivity index (χ2n) is 26.9. The standard InChI is InChI=1S/C72H140O17P2/c1-7-9-11-13-14-15-16-27-33-38-44-50-56-71(76)88-67(60-82-69(74)54-48-40-12-10-8-2)62-86-90(78,79)84-58-66(73)59-85-91(80,81)87-63-68(61-83-70(75)55-49-43-37-32-28-24-20-22-26-31-36-42-47-53-65(5)6)89-72(77)57-51-45-39-34-29-23-19-17-18-21-25-30-35-41-46-52-64(3)4/h64-68,73H,7-63H2,1-6H3,(H,78,79)(H,80,81)/t66-,67+,68+/m0/s1. The van der Waals surface area contributed by atoms with E-state index in [4.69, 9.17) is 37.0 Å². The van der Waals surface area contributed by atoms with E-state index in [1.807, 2.05) is 0 Å². The lowest BCUT2D eigenvalue weighted by molar-refractivity contribution is -0.161. The lowest BCUT2D eigenvalue weighted by Crippen LogP contribution is -2.30. The third-order valence-corrected chi connectivity index (χ3v) is 18.6. The zero-order chi connectivity index (χ0) is 67.2. The molecule has 0 aromatic heterocycles. The summed E-state index contributed by atoms with van der Waals surface area (Å²) in [6, 6.07) is 0. The summed E-state index contributed by atoms with van der Waals surface area (Å²) < 4.78 is 68.2. The van der Waals surface area contributed by atoms with Gasteiger partial charge in [0.25, 0.3) is 0 Å². The highest BCUT2D eigenvalue weighted by atomic mass is 31.2. The van der Waals surface area contributed by atoms with Crippen LogP contribution in [0.5, 0.6) is 0 Å². The van der Waals surface area contributed by atoms with Crippen LogP contribution in [0.4, 0.5) is 0 Å². The Labute approximate surface area is 556 Å². The van der Waals surface area contributed by atoms with Crippen molar-refractivity contribution in [2.75, 3.05) is 39.6 Å². The summed E-state index contributed by atoms with van der Waals surface area (Å²) >= 11 is 0. The van der Waals surface area contributed by atoms with E-state index in [2.05, 4.69) is 41.5 Å². The number of rotatable bonds is 71. The summed E-state index contributed by atoms with van der Waals surface area (Å²) in [5, 5.41) is 10.6. The molecule has 3 N–H and O–H groups in total. The molecule has 17 nitrogen and oxygen atoms in total. The normalized spacial score (nSPS) is 14.1. The van der Waals surface area contributed by atoms with Crippen molar-refractivity contribution in [1.82, 2.24) is 0 Å². The average molecular weight is 1340 g/mol. The van der Waals surface area contributed by atoms with Gasteiger partial charge in [-0.1, -0.05) is 318 Å². The van der Waals surface area contributed by atoms with Crippen molar-refractivity contribution in [1.29, 1.82) is 0 Å². The van der Waals surface area contributed by atoms with Crippen LogP contribution >= 0.6 is 15.6 Å². The maximum Gasteiger partial charge on any atom is 0.472 e. The maximum atomic E-state index is 13.0.